The highest BCUT2D eigenvalue weighted by Crippen LogP contribution is 2.22. The first-order valence-corrected chi connectivity index (χ1v) is 10.4. The molecule has 7 nitrogen and oxygen atoms in total. The molecule has 0 spiro atoms. The highest BCUT2D eigenvalue weighted by molar-refractivity contribution is 7.89. The predicted octanol–water partition coefficient (Wildman–Crippen LogP) is 1.82. The standard InChI is InChI=1S/C20H20FN3O4S/c1-13-18(19(25)24-20(26)23-13)29(27,28)22-12-16(14-7-3-2-4-8-14)11-15-9-5-6-10-17(15)21/h2-10,16,22H,11-12H2,1H3,(H2,23,24,25,26). The van der Waals surface area contributed by atoms with Gasteiger partial charge in [-0.15, -0.1) is 0 Å². The summed E-state index contributed by atoms with van der Waals surface area (Å²) in [7, 11) is -4.20. The molecule has 0 aliphatic carbocycles. The average molecular weight is 417 g/mol. The molecule has 3 rings (SSSR count). The molecule has 3 aromatic rings. The van der Waals surface area contributed by atoms with Crippen LogP contribution < -0.4 is 16.0 Å². The molecule has 0 aliphatic rings. The smallest absolute Gasteiger partial charge is 0.310 e. The topological polar surface area (TPSA) is 112 Å². The van der Waals surface area contributed by atoms with Gasteiger partial charge in [0.15, 0.2) is 4.90 Å². The molecule has 2 aromatic carbocycles. The van der Waals surface area contributed by atoms with Gasteiger partial charge < -0.3 is 4.98 Å². The van der Waals surface area contributed by atoms with Crippen LogP contribution in [0.3, 0.4) is 0 Å². The Balaban J connectivity index is 1.90. The largest absolute Gasteiger partial charge is 0.325 e. The molecule has 0 bridgehead atoms. The number of rotatable bonds is 7. The van der Waals surface area contributed by atoms with Gasteiger partial charge in [-0.3, -0.25) is 9.78 Å². The van der Waals surface area contributed by atoms with Crippen LogP contribution >= 0.6 is 0 Å². The van der Waals surface area contributed by atoms with Gasteiger partial charge >= 0.3 is 5.69 Å². The molecule has 3 N–H and O–H groups in total. The van der Waals surface area contributed by atoms with Crippen LogP contribution in [-0.4, -0.2) is 24.9 Å². The van der Waals surface area contributed by atoms with E-state index in [-0.39, 0.29) is 30.4 Å². The molecule has 1 heterocycles. The molecule has 0 saturated carbocycles. The zero-order valence-electron chi connectivity index (χ0n) is 15.6. The molecule has 1 atom stereocenters. The van der Waals surface area contributed by atoms with E-state index in [2.05, 4.69) is 9.71 Å². The van der Waals surface area contributed by atoms with E-state index in [1.807, 2.05) is 35.3 Å². The molecule has 152 valence electrons. The molecule has 9 heteroatoms. The molecular formula is C20H20FN3O4S. The normalized spacial score (nSPS) is 12.6. The van der Waals surface area contributed by atoms with Gasteiger partial charge in [-0.05, 0) is 30.5 Å². The van der Waals surface area contributed by atoms with Crippen molar-refractivity contribution in [1.82, 2.24) is 14.7 Å². The fourth-order valence-electron chi connectivity index (χ4n) is 3.16. The monoisotopic (exact) mass is 417 g/mol. The second-order valence-electron chi connectivity index (χ2n) is 6.62. The number of aromatic nitrogens is 2. The zero-order chi connectivity index (χ0) is 21.0. The summed E-state index contributed by atoms with van der Waals surface area (Å²) in [6.45, 7) is 1.28. The molecule has 0 amide bonds. The van der Waals surface area contributed by atoms with Crippen LogP contribution in [-0.2, 0) is 16.4 Å². The molecule has 1 unspecified atom stereocenters. The van der Waals surface area contributed by atoms with E-state index >= 15 is 0 Å². The number of H-pyrrole nitrogens is 2. The van der Waals surface area contributed by atoms with E-state index in [0.29, 0.717) is 5.56 Å². The lowest BCUT2D eigenvalue weighted by atomic mass is 9.92. The molecule has 29 heavy (non-hydrogen) atoms. The Bertz CT molecular complexity index is 1220. The van der Waals surface area contributed by atoms with Crippen LogP contribution in [0.1, 0.15) is 22.7 Å². The third-order valence-electron chi connectivity index (χ3n) is 4.56. The minimum Gasteiger partial charge on any atom is -0.310 e. The van der Waals surface area contributed by atoms with Crippen LogP contribution in [0.2, 0.25) is 0 Å². The van der Waals surface area contributed by atoms with Crippen molar-refractivity contribution in [2.75, 3.05) is 6.54 Å². The van der Waals surface area contributed by atoms with Crippen LogP contribution in [0.5, 0.6) is 0 Å². The SMILES string of the molecule is Cc1[nH]c(=O)[nH]c(=O)c1S(=O)(=O)NCC(Cc1ccccc1F)c1ccccc1. The van der Waals surface area contributed by atoms with E-state index in [1.165, 1.54) is 13.0 Å². The van der Waals surface area contributed by atoms with E-state index in [1.54, 1.807) is 18.2 Å². The van der Waals surface area contributed by atoms with E-state index in [4.69, 9.17) is 0 Å². The van der Waals surface area contributed by atoms with Crippen LogP contribution in [0.25, 0.3) is 0 Å². The molecule has 0 radical (unpaired) electrons. The number of hydrogen-bond donors (Lipinski definition) is 3. The van der Waals surface area contributed by atoms with Crippen molar-refractivity contribution in [2.45, 2.75) is 24.2 Å². The number of nitrogens with one attached hydrogen (secondary N) is 3. The third-order valence-corrected chi connectivity index (χ3v) is 6.13. The number of benzene rings is 2. The summed E-state index contributed by atoms with van der Waals surface area (Å²) in [5.41, 5.74) is -0.557. The van der Waals surface area contributed by atoms with Gasteiger partial charge in [0.2, 0.25) is 10.0 Å². The summed E-state index contributed by atoms with van der Waals surface area (Å²) >= 11 is 0. The number of sulfonamides is 1. The fourth-order valence-corrected chi connectivity index (χ4v) is 4.47. The summed E-state index contributed by atoms with van der Waals surface area (Å²) in [5, 5.41) is 0. The number of aromatic amines is 2. The number of aryl methyl sites for hydroxylation is 1. The Morgan fingerprint density at radius 1 is 1.00 bits per heavy atom. The van der Waals surface area contributed by atoms with Crippen molar-refractivity contribution in [3.05, 3.63) is 98.1 Å². The van der Waals surface area contributed by atoms with E-state index in [9.17, 15) is 22.4 Å². The highest BCUT2D eigenvalue weighted by Gasteiger charge is 2.24. The summed E-state index contributed by atoms with van der Waals surface area (Å²) < 4.78 is 42.0. The Morgan fingerprint density at radius 2 is 1.66 bits per heavy atom. The van der Waals surface area contributed by atoms with E-state index in [0.717, 1.165) is 5.56 Å². The maximum atomic E-state index is 14.1. The van der Waals surface area contributed by atoms with Gasteiger partial charge in [0.25, 0.3) is 5.56 Å². The van der Waals surface area contributed by atoms with Gasteiger partial charge in [0.1, 0.15) is 5.82 Å². The van der Waals surface area contributed by atoms with Crippen LogP contribution in [0, 0.1) is 12.7 Å². The minimum absolute atomic E-state index is 0.0569. The van der Waals surface area contributed by atoms with E-state index < -0.39 is 26.2 Å². The lowest BCUT2D eigenvalue weighted by Gasteiger charge is -2.19. The molecular weight excluding hydrogens is 397 g/mol. The van der Waals surface area contributed by atoms with Crippen molar-refractivity contribution < 1.29 is 12.8 Å². The third kappa shape index (κ3) is 4.87. The minimum atomic E-state index is -4.20. The Hall–Kier alpha value is -3.04. The number of hydrogen-bond acceptors (Lipinski definition) is 4. The first-order chi connectivity index (χ1) is 13.8. The summed E-state index contributed by atoms with van der Waals surface area (Å²) in [6.07, 6.45) is 0.264. The van der Waals surface area contributed by atoms with Gasteiger partial charge in [0.05, 0.1) is 0 Å². The van der Waals surface area contributed by atoms with Crippen LogP contribution in [0.4, 0.5) is 4.39 Å². The Morgan fingerprint density at radius 3 is 2.31 bits per heavy atom. The summed E-state index contributed by atoms with van der Waals surface area (Å²) in [5.74, 6) is -0.741. The maximum Gasteiger partial charge on any atom is 0.325 e. The van der Waals surface area contributed by atoms with Crippen LogP contribution in [0.15, 0.2) is 69.1 Å². The second kappa shape index (κ2) is 8.54. The van der Waals surface area contributed by atoms with Gasteiger partial charge in [-0.1, -0.05) is 48.5 Å². The highest BCUT2D eigenvalue weighted by atomic mass is 32.2. The molecule has 0 aliphatic heterocycles. The van der Waals surface area contributed by atoms with Crippen molar-refractivity contribution in [2.24, 2.45) is 0 Å². The van der Waals surface area contributed by atoms with Crippen molar-refractivity contribution in [3.63, 3.8) is 0 Å². The quantitative estimate of drug-likeness (QED) is 0.544. The Labute approximate surface area is 166 Å². The fraction of sp³-hybridized carbons (Fsp3) is 0.200. The Kier molecular flexibility index (Phi) is 6.09. The summed E-state index contributed by atoms with van der Waals surface area (Å²) in [6, 6.07) is 15.4. The van der Waals surface area contributed by atoms with Gasteiger partial charge in [-0.25, -0.2) is 22.3 Å². The predicted molar refractivity (Wildman–Crippen MR) is 107 cm³/mol. The molecule has 1 aromatic heterocycles. The van der Waals surface area contributed by atoms with Crippen molar-refractivity contribution >= 4 is 10.0 Å². The summed E-state index contributed by atoms with van der Waals surface area (Å²) in [4.78, 5) is 27.0. The second-order valence-corrected chi connectivity index (χ2v) is 8.32. The maximum absolute atomic E-state index is 14.1. The lowest BCUT2D eigenvalue weighted by molar-refractivity contribution is 0.558. The van der Waals surface area contributed by atoms with Crippen molar-refractivity contribution in [3.8, 4) is 0 Å². The van der Waals surface area contributed by atoms with Crippen molar-refractivity contribution in [1.29, 1.82) is 0 Å². The molecule has 0 fully saturated rings. The van der Waals surface area contributed by atoms with Gasteiger partial charge in [-0.2, -0.15) is 0 Å². The first-order valence-electron chi connectivity index (χ1n) is 8.89. The lowest BCUT2D eigenvalue weighted by Crippen LogP contribution is -2.36. The molecule has 0 saturated heterocycles. The van der Waals surface area contributed by atoms with Gasteiger partial charge in [0, 0.05) is 18.2 Å². The average Bonchev–Trinajstić information content (AvgIpc) is 2.66. The first kappa shape index (κ1) is 20.7. The zero-order valence-corrected chi connectivity index (χ0v) is 16.4. The number of halogens is 1.